The van der Waals surface area contributed by atoms with Gasteiger partial charge in [0, 0.05) is 18.8 Å². The molecule has 1 aromatic carbocycles. The molecule has 6 heteroatoms. The van der Waals surface area contributed by atoms with Gasteiger partial charge in [0.15, 0.2) is 0 Å². The molecule has 0 radical (unpaired) electrons. The van der Waals surface area contributed by atoms with E-state index >= 15 is 0 Å². The maximum absolute atomic E-state index is 12.9. The van der Waals surface area contributed by atoms with Crippen LogP contribution in [-0.2, 0) is 14.8 Å². The summed E-state index contributed by atoms with van der Waals surface area (Å²) < 4.78 is 33.1. The van der Waals surface area contributed by atoms with Crippen molar-refractivity contribution in [3.63, 3.8) is 0 Å². The van der Waals surface area contributed by atoms with Gasteiger partial charge in [0.2, 0.25) is 10.0 Å². The van der Waals surface area contributed by atoms with Crippen molar-refractivity contribution in [1.29, 1.82) is 0 Å². The predicted molar refractivity (Wildman–Crippen MR) is 77.0 cm³/mol. The van der Waals surface area contributed by atoms with E-state index in [0.717, 1.165) is 12.8 Å². The lowest BCUT2D eigenvalue weighted by atomic mass is 10.1. The fourth-order valence-electron chi connectivity index (χ4n) is 3.29. The van der Waals surface area contributed by atoms with Gasteiger partial charge in [-0.15, -0.1) is 0 Å². The second kappa shape index (κ2) is 4.72. The zero-order valence-electron chi connectivity index (χ0n) is 11.8. The largest absolute Gasteiger partial charge is 0.399 e. The van der Waals surface area contributed by atoms with E-state index in [1.165, 1.54) is 0 Å². The average Bonchev–Trinajstić information content (AvgIpc) is 2.66. The van der Waals surface area contributed by atoms with Gasteiger partial charge in [0.1, 0.15) is 0 Å². The van der Waals surface area contributed by atoms with Crippen molar-refractivity contribution < 1.29 is 13.2 Å². The van der Waals surface area contributed by atoms with Crippen LogP contribution in [0.25, 0.3) is 0 Å². The molecule has 0 aromatic heterocycles. The highest BCUT2D eigenvalue weighted by atomic mass is 32.2. The predicted octanol–water partition coefficient (Wildman–Crippen LogP) is 1.44. The summed E-state index contributed by atoms with van der Waals surface area (Å²) in [6.07, 6.45) is 2.02. The van der Waals surface area contributed by atoms with E-state index in [1.54, 1.807) is 30.3 Å². The number of nitrogen functional groups attached to an aromatic ring is 1. The summed E-state index contributed by atoms with van der Waals surface area (Å²) in [5, 5.41) is 0. The number of benzene rings is 1. The van der Waals surface area contributed by atoms with Crippen molar-refractivity contribution in [3.05, 3.63) is 23.3 Å². The lowest BCUT2D eigenvalue weighted by Gasteiger charge is -2.32. The number of fused-ring (bicyclic) bond motifs is 2. The Balaban J connectivity index is 2.00. The van der Waals surface area contributed by atoms with Crippen LogP contribution in [0.3, 0.4) is 0 Å². The Labute approximate surface area is 119 Å². The molecule has 20 heavy (non-hydrogen) atoms. The van der Waals surface area contributed by atoms with Crippen LogP contribution in [0.15, 0.2) is 17.0 Å². The molecule has 5 nitrogen and oxygen atoms in total. The van der Waals surface area contributed by atoms with Gasteiger partial charge in [-0.25, -0.2) is 8.42 Å². The Hall–Kier alpha value is -1.11. The van der Waals surface area contributed by atoms with Gasteiger partial charge in [0.05, 0.1) is 17.1 Å². The van der Waals surface area contributed by atoms with Crippen molar-refractivity contribution in [2.75, 3.05) is 18.8 Å². The zero-order chi connectivity index (χ0) is 14.5. The number of anilines is 1. The first kappa shape index (κ1) is 13.9. The van der Waals surface area contributed by atoms with Crippen LogP contribution in [0.5, 0.6) is 0 Å². The second-order valence-electron chi connectivity index (χ2n) is 5.76. The van der Waals surface area contributed by atoms with E-state index in [-0.39, 0.29) is 12.2 Å². The Morgan fingerprint density at radius 3 is 2.15 bits per heavy atom. The first-order chi connectivity index (χ1) is 9.38. The Morgan fingerprint density at radius 1 is 1.15 bits per heavy atom. The average molecular weight is 296 g/mol. The number of nitrogens with zero attached hydrogens (tertiary/aromatic N) is 1. The smallest absolute Gasteiger partial charge is 0.243 e. The summed E-state index contributed by atoms with van der Waals surface area (Å²) in [5.41, 5.74) is 7.79. The summed E-state index contributed by atoms with van der Waals surface area (Å²) in [5.74, 6) is 0. The van der Waals surface area contributed by atoms with Gasteiger partial charge < -0.3 is 10.5 Å². The van der Waals surface area contributed by atoms with Crippen molar-refractivity contribution >= 4 is 15.7 Å². The first-order valence-corrected chi connectivity index (χ1v) is 8.34. The van der Waals surface area contributed by atoms with E-state index in [9.17, 15) is 8.42 Å². The zero-order valence-corrected chi connectivity index (χ0v) is 12.6. The summed E-state index contributed by atoms with van der Waals surface area (Å²) >= 11 is 0. The number of morpholine rings is 1. The summed E-state index contributed by atoms with van der Waals surface area (Å²) in [7, 11) is -3.47. The Bertz CT molecular complexity index is 607. The third-order valence-electron chi connectivity index (χ3n) is 4.09. The Morgan fingerprint density at radius 2 is 1.65 bits per heavy atom. The fourth-order valence-corrected chi connectivity index (χ4v) is 5.21. The molecule has 2 aliphatic rings. The van der Waals surface area contributed by atoms with Crippen LogP contribution in [-0.4, -0.2) is 38.0 Å². The van der Waals surface area contributed by atoms with Crippen LogP contribution in [0.1, 0.15) is 24.0 Å². The number of hydrogen-bond donors (Lipinski definition) is 1. The Kier molecular flexibility index (Phi) is 3.27. The normalized spacial score (nSPS) is 26.9. The monoisotopic (exact) mass is 296 g/mol. The molecular formula is C14H20N2O3S. The van der Waals surface area contributed by atoms with E-state index in [4.69, 9.17) is 10.5 Å². The van der Waals surface area contributed by atoms with Crippen LogP contribution in [0.2, 0.25) is 0 Å². The summed E-state index contributed by atoms with van der Waals surface area (Å²) in [6, 6.07) is 3.43. The topological polar surface area (TPSA) is 72.6 Å². The second-order valence-corrected chi connectivity index (χ2v) is 7.64. The minimum absolute atomic E-state index is 0.0536. The third kappa shape index (κ3) is 2.21. The van der Waals surface area contributed by atoms with Gasteiger partial charge >= 0.3 is 0 Å². The molecule has 2 bridgehead atoms. The number of hydrogen-bond acceptors (Lipinski definition) is 4. The molecule has 0 aliphatic carbocycles. The highest BCUT2D eigenvalue weighted by Gasteiger charge is 2.40. The molecule has 0 saturated carbocycles. The quantitative estimate of drug-likeness (QED) is 0.838. The van der Waals surface area contributed by atoms with E-state index in [0.29, 0.717) is 34.8 Å². The number of aryl methyl sites for hydroxylation is 2. The highest BCUT2D eigenvalue weighted by molar-refractivity contribution is 7.89. The summed E-state index contributed by atoms with van der Waals surface area (Å²) in [6.45, 7) is 4.51. The van der Waals surface area contributed by atoms with Gasteiger partial charge in [0.25, 0.3) is 0 Å². The first-order valence-electron chi connectivity index (χ1n) is 6.90. The minimum Gasteiger partial charge on any atom is -0.399 e. The molecule has 2 unspecified atom stereocenters. The van der Waals surface area contributed by atoms with Crippen LogP contribution in [0.4, 0.5) is 5.69 Å². The molecule has 110 valence electrons. The number of ether oxygens (including phenoxy) is 1. The van der Waals surface area contributed by atoms with Crippen LogP contribution in [0, 0.1) is 13.8 Å². The molecule has 2 saturated heterocycles. The molecule has 0 amide bonds. The lowest BCUT2D eigenvalue weighted by Crippen LogP contribution is -2.46. The van der Waals surface area contributed by atoms with Gasteiger partial charge in [-0.1, -0.05) is 0 Å². The van der Waals surface area contributed by atoms with E-state index in [1.807, 2.05) is 0 Å². The van der Waals surface area contributed by atoms with E-state index in [2.05, 4.69) is 0 Å². The lowest BCUT2D eigenvalue weighted by molar-refractivity contribution is -0.0114. The van der Waals surface area contributed by atoms with Crippen molar-refractivity contribution in [1.82, 2.24) is 4.31 Å². The number of rotatable bonds is 2. The van der Waals surface area contributed by atoms with Gasteiger partial charge in [-0.3, -0.25) is 0 Å². The molecule has 2 atom stereocenters. The molecule has 2 N–H and O–H groups in total. The van der Waals surface area contributed by atoms with Crippen molar-refractivity contribution in [3.8, 4) is 0 Å². The molecule has 1 aromatic rings. The SMILES string of the molecule is Cc1cc(N)cc(C)c1S(=O)(=O)N1CC2CCC(C1)O2. The standard InChI is InChI=1S/C14H20N2O3S/c1-9-5-11(15)6-10(2)14(9)20(17,18)16-7-12-3-4-13(8-16)19-12/h5-6,12-13H,3-4,7-8,15H2,1-2H3. The number of nitrogens with two attached hydrogens (primary N) is 1. The minimum atomic E-state index is -3.47. The maximum Gasteiger partial charge on any atom is 0.243 e. The van der Waals surface area contributed by atoms with Crippen molar-refractivity contribution in [2.45, 2.75) is 43.8 Å². The maximum atomic E-state index is 12.9. The molecule has 2 heterocycles. The van der Waals surface area contributed by atoms with Crippen molar-refractivity contribution in [2.24, 2.45) is 0 Å². The van der Waals surface area contributed by atoms with Gasteiger partial charge in [-0.2, -0.15) is 4.31 Å². The van der Waals surface area contributed by atoms with Crippen LogP contribution < -0.4 is 5.73 Å². The van der Waals surface area contributed by atoms with Crippen LogP contribution >= 0.6 is 0 Å². The molecule has 2 fully saturated rings. The molecular weight excluding hydrogens is 276 g/mol. The van der Waals surface area contributed by atoms with Gasteiger partial charge in [-0.05, 0) is 49.9 Å². The highest BCUT2D eigenvalue weighted by Crippen LogP contribution is 2.32. The molecule has 3 rings (SSSR count). The summed E-state index contributed by atoms with van der Waals surface area (Å²) in [4.78, 5) is 0.396. The number of sulfonamides is 1. The van der Waals surface area contributed by atoms with E-state index < -0.39 is 10.0 Å². The third-order valence-corrected chi connectivity index (χ3v) is 6.23. The fraction of sp³-hybridized carbons (Fsp3) is 0.571. The molecule has 0 spiro atoms. The molecule has 2 aliphatic heterocycles.